The second-order valence-corrected chi connectivity index (χ2v) is 12.2. The number of carbonyl (C=O) groups is 2. The third-order valence-electron chi connectivity index (χ3n) is 8.57. The monoisotopic (exact) mass is 654 g/mol. The molecular weight excluding hydrogens is 608 g/mol. The van der Waals surface area contributed by atoms with E-state index in [0.717, 1.165) is 19.3 Å². The third-order valence-corrected chi connectivity index (χ3v) is 8.57. The van der Waals surface area contributed by atoms with Crippen molar-refractivity contribution < 1.29 is 29.3 Å². The van der Waals surface area contributed by atoms with Gasteiger partial charge in [0.1, 0.15) is 24.3 Å². The van der Waals surface area contributed by atoms with Crippen molar-refractivity contribution in [1.29, 1.82) is 0 Å². The van der Waals surface area contributed by atoms with Crippen LogP contribution >= 0.6 is 0 Å². The van der Waals surface area contributed by atoms with Gasteiger partial charge in [-0.15, -0.1) is 0 Å². The number of nitrogens with one attached hydrogen (secondary N) is 3. The highest BCUT2D eigenvalue weighted by atomic mass is 16.5. The maximum absolute atomic E-state index is 13.5. The molecule has 10 nitrogen and oxygen atoms in total. The molecule has 1 aliphatic rings. The number of carbonyl (C=O) groups excluding carboxylic acids is 2. The summed E-state index contributed by atoms with van der Waals surface area (Å²) in [6.07, 6.45) is 5.76. The first-order chi connectivity index (χ1) is 23.4. The Hall–Kier alpha value is -4.48. The Bertz CT molecular complexity index is 1670. The van der Waals surface area contributed by atoms with E-state index in [1.165, 1.54) is 41.7 Å². The van der Waals surface area contributed by atoms with Crippen molar-refractivity contribution >= 4 is 34.0 Å². The van der Waals surface area contributed by atoms with Crippen molar-refractivity contribution in [1.82, 2.24) is 5.32 Å². The number of amides is 2. The number of hydrogen-bond donors (Lipinski definition) is 6. The Kier molecular flexibility index (Phi) is 12.8. The van der Waals surface area contributed by atoms with E-state index in [9.17, 15) is 19.8 Å². The van der Waals surface area contributed by atoms with E-state index < -0.39 is 12.1 Å². The second-order valence-electron chi connectivity index (χ2n) is 12.2. The zero-order valence-corrected chi connectivity index (χ0v) is 27.3. The molecule has 5 rings (SSSR count). The molecule has 4 aromatic carbocycles. The van der Waals surface area contributed by atoms with Gasteiger partial charge in [-0.05, 0) is 77.4 Å². The van der Waals surface area contributed by atoms with Crippen LogP contribution in [0.3, 0.4) is 0 Å². The highest BCUT2D eigenvalue weighted by molar-refractivity contribution is 6.06. The number of rotatable bonds is 16. The van der Waals surface area contributed by atoms with E-state index >= 15 is 0 Å². The van der Waals surface area contributed by atoms with Crippen molar-refractivity contribution in [3.8, 4) is 11.5 Å². The predicted molar refractivity (Wildman–Crippen MR) is 188 cm³/mol. The zero-order chi connectivity index (χ0) is 33.7. The molecule has 48 heavy (non-hydrogen) atoms. The highest BCUT2D eigenvalue weighted by Crippen LogP contribution is 2.32. The van der Waals surface area contributed by atoms with Gasteiger partial charge in [0.2, 0.25) is 5.91 Å². The van der Waals surface area contributed by atoms with Gasteiger partial charge in [-0.3, -0.25) is 14.9 Å². The van der Waals surface area contributed by atoms with Crippen molar-refractivity contribution in [2.45, 2.75) is 51.2 Å². The summed E-state index contributed by atoms with van der Waals surface area (Å²) < 4.78 is 11.9. The Balaban J connectivity index is 1.29. The lowest BCUT2D eigenvalue weighted by atomic mass is 9.90. The summed E-state index contributed by atoms with van der Waals surface area (Å²) in [5, 5.41) is 31.6. The Morgan fingerprint density at radius 1 is 0.854 bits per heavy atom. The SMILES string of the molecule is NCCC(=O)Nc1ccc(C(=O)Nc2ccc(C(O)NCCc3ccc4ccccc4c3)cc2OCC2CCCCC2)cc1OCCO. The van der Waals surface area contributed by atoms with Gasteiger partial charge in [0, 0.05) is 25.1 Å². The fraction of sp³-hybridized carbons (Fsp3) is 0.368. The summed E-state index contributed by atoms with van der Waals surface area (Å²) >= 11 is 0. The minimum absolute atomic E-state index is 0.00985. The van der Waals surface area contributed by atoms with Crippen LogP contribution in [0.1, 0.15) is 66.2 Å². The maximum atomic E-state index is 13.5. The van der Waals surface area contributed by atoms with Crippen molar-refractivity contribution in [3.05, 3.63) is 95.6 Å². The first kappa shape index (κ1) is 34.8. The van der Waals surface area contributed by atoms with Crippen LogP contribution in [0.5, 0.6) is 11.5 Å². The fourth-order valence-corrected chi connectivity index (χ4v) is 5.94. The molecular formula is C38H46N4O6. The molecule has 1 saturated carbocycles. The number of benzene rings is 4. The number of fused-ring (bicyclic) bond motifs is 1. The van der Waals surface area contributed by atoms with Gasteiger partial charge < -0.3 is 36.1 Å². The fourth-order valence-electron chi connectivity index (χ4n) is 5.94. The van der Waals surface area contributed by atoms with Crippen LogP contribution in [0.15, 0.2) is 78.9 Å². The van der Waals surface area contributed by atoms with Crippen LogP contribution in [-0.4, -0.2) is 54.9 Å². The first-order valence-corrected chi connectivity index (χ1v) is 16.8. The number of hydrogen-bond acceptors (Lipinski definition) is 8. The van der Waals surface area contributed by atoms with Gasteiger partial charge in [-0.25, -0.2) is 0 Å². The molecule has 10 heteroatoms. The summed E-state index contributed by atoms with van der Waals surface area (Å²) in [7, 11) is 0. The van der Waals surface area contributed by atoms with Crippen molar-refractivity contribution in [3.63, 3.8) is 0 Å². The Morgan fingerprint density at radius 3 is 2.40 bits per heavy atom. The molecule has 0 saturated heterocycles. The Labute approximate surface area is 281 Å². The highest BCUT2D eigenvalue weighted by Gasteiger charge is 2.19. The molecule has 1 aliphatic carbocycles. The van der Waals surface area contributed by atoms with Crippen LogP contribution < -0.4 is 31.2 Å². The molecule has 0 bridgehead atoms. The minimum Gasteiger partial charge on any atom is -0.491 e. The molecule has 2 amide bonds. The molecule has 7 N–H and O–H groups in total. The molecule has 1 fully saturated rings. The quantitative estimate of drug-likeness (QED) is 0.0862. The van der Waals surface area contributed by atoms with Crippen LogP contribution in [0.25, 0.3) is 10.8 Å². The Morgan fingerprint density at radius 2 is 1.60 bits per heavy atom. The van der Waals surface area contributed by atoms with Gasteiger partial charge in [0.15, 0.2) is 0 Å². The van der Waals surface area contributed by atoms with Crippen LogP contribution in [0, 0.1) is 5.92 Å². The molecule has 0 spiro atoms. The second kappa shape index (κ2) is 17.6. The summed E-state index contributed by atoms with van der Waals surface area (Å²) in [4.78, 5) is 25.6. The van der Waals surface area contributed by atoms with Crippen LogP contribution in [0.4, 0.5) is 11.4 Å². The van der Waals surface area contributed by atoms with Gasteiger partial charge in [0.05, 0.1) is 24.6 Å². The number of aliphatic hydroxyl groups is 2. The maximum Gasteiger partial charge on any atom is 0.255 e. The zero-order valence-electron chi connectivity index (χ0n) is 27.3. The van der Waals surface area contributed by atoms with E-state index in [0.29, 0.717) is 41.8 Å². The summed E-state index contributed by atoms with van der Waals surface area (Å²) in [6.45, 7) is 1.05. The summed E-state index contributed by atoms with van der Waals surface area (Å²) in [5.41, 5.74) is 8.44. The molecule has 0 radical (unpaired) electrons. The largest absolute Gasteiger partial charge is 0.491 e. The number of nitrogens with two attached hydrogens (primary N) is 1. The van der Waals surface area contributed by atoms with E-state index in [1.807, 2.05) is 12.1 Å². The molecule has 254 valence electrons. The molecule has 0 heterocycles. The van der Waals surface area contributed by atoms with E-state index in [-0.39, 0.29) is 43.4 Å². The standard InChI is InChI=1S/C38H46N4O6/c39-18-16-36(44)41-32-14-13-31(24-34(32)47-21-20-43)38(46)42-33-15-12-30(23-35(33)48-25-27-6-2-1-3-7-27)37(45)40-19-17-26-10-11-28-8-4-5-9-29(28)22-26/h4-5,8-15,22-24,27,37,40,43,45H,1-3,6-7,16-21,25,39H2,(H,41,44)(H,42,46). The third kappa shape index (κ3) is 9.77. The molecule has 0 aliphatic heterocycles. The lowest BCUT2D eigenvalue weighted by Gasteiger charge is -2.23. The number of ether oxygens (including phenoxy) is 2. The topological polar surface area (TPSA) is 155 Å². The summed E-state index contributed by atoms with van der Waals surface area (Å²) in [5.74, 6) is 0.472. The molecule has 1 unspecified atom stereocenters. The number of aliphatic hydroxyl groups excluding tert-OH is 2. The van der Waals surface area contributed by atoms with Gasteiger partial charge in [-0.1, -0.05) is 67.8 Å². The minimum atomic E-state index is -0.930. The van der Waals surface area contributed by atoms with E-state index in [4.69, 9.17) is 15.2 Å². The lowest BCUT2D eigenvalue weighted by molar-refractivity contribution is -0.116. The smallest absolute Gasteiger partial charge is 0.255 e. The first-order valence-electron chi connectivity index (χ1n) is 16.8. The summed E-state index contributed by atoms with van der Waals surface area (Å²) in [6, 6.07) is 24.6. The van der Waals surface area contributed by atoms with Crippen LogP contribution in [-0.2, 0) is 11.2 Å². The van der Waals surface area contributed by atoms with Crippen molar-refractivity contribution in [2.75, 3.05) is 43.5 Å². The van der Waals surface area contributed by atoms with Crippen LogP contribution in [0.2, 0.25) is 0 Å². The average Bonchev–Trinajstić information content (AvgIpc) is 3.11. The lowest BCUT2D eigenvalue weighted by Crippen LogP contribution is -2.24. The average molecular weight is 655 g/mol. The van der Waals surface area contributed by atoms with Gasteiger partial charge in [0.25, 0.3) is 5.91 Å². The predicted octanol–water partition coefficient (Wildman–Crippen LogP) is 5.53. The molecule has 4 aromatic rings. The van der Waals surface area contributed by atoms with Gasteiger partial charge >= 0.3 is 0 Å². The van der Waals surface area contributed by atoms with E-state index in [1.54, 1.807) is 30.3 Å². The molecule has 0 aromatic heterocycles. The molecule has 1 atom stereocenters. The normalized spacial score (nSPS) is 14.0. The van der Waals surface area contributed by atoms with Gasteiger partial charge in [-0.2, -0.15) is 0 Å². The number of anilines is 2. The van der Waals surface area contributed by atoms with Crippen molar-refractivity contribution in [2.24, 2.45) is 11.7 Å². The van der Waals surface area contributed by atoms with E-state index in [2.05, 4.69) is 46.3 Å².